The first-order chi connectivity index (χ1) is 9.52. The molecule has 0 saturated heterocycles. The van der Waals surface area contributed by atoms with E-state index in [4.69, 9.17) is 20.4 Å². The molecule has 2 N–H and O–H groups in total. The summed E-state index contributed by atoms with van der Waals surface area (Å²) in [5, 5.41) is 0. The molecule has 20 heavy (non-hydrogen) atoms. The lowest BCUT2D eigenvalue weighted by Gasteiger charge is -2.27. The third-order valence-electron chi connectivity index (χ3n) is 4.59. The number of aromatic nitrogens is 2. The highest BCUT2D eigenvalue weighted by molar-refractivity contribution is 5.26. The van der Waals surface area contributed by atoms with Gasteiger partial charge < -0.3 is 10.5 Å². The number of hydrogen-bond donors (Lipinski definition) is 1. The first kappa shape index (κ1) is 15.4. The summed E-state index contributed by atoms with van der Waals surface area (Å²) in [6.07, 6.45) is 5.40. The van der Waals surface area contributed by atoms with Crippen molar-refractivity contribution in [1.29, 1.82) is 0 Å². The molecule has 1 heterocycles. The molecule has 4 nitrogen and oxygen atoms in total. The number of ether oxygens (including phenoxy) is 1. The van der Waals surface area contributed by atoms with Crippen LogP contribution in [0.1, 0.15) is 55.4 Å². The first-order valence-corrected chi connectivity index (χ1v) is 7.62. The summed E-state index contributed by atoms with van der Waals surface area (Å²) in [6, 6.07) is 0. The molecular formula is C16H27N3O. The van der Waals surface area contributed by atoms with Crippen molar-refractivity contribution in [3.63, 3.8) is 0 Å². The van der Waals surface area contributed by atoms with E-state index in [2.05, 4.69) is 20.8 Å². The van der Waals surface area contributed by atoms with E-state index < -0.39 is 0 Å². The smallest absolute Gasteiger partial charge is 0.160 e. The molecule has 0 radical (unpaired) electrons. The van der Waals surface area contributed by atoms with E-state index in [1.807, 2.05) is 0 Å². The van der Waals surface area contributed by atoms with E-state index in [1.54, 1.807) is 7.11 Å². The molecule has 0 bridgehead atoms. The molecule has 1 saturated carbocycles. The summed E-state index contributed by atoms with van der Waals surface area (Å²) in [4.78, 5) is 9.54. The molecule has 112 valence electrons. The number of nitrogens with zero attached hydrogens (tertiary/aromatic N) is 2. The Labute approximate surface area is 122 Å². The molecule has 2 rings (SSSR count). The van der Waals surface area contributed by atoms with Crippen molar-refractivity contribution in [2.75, 3.05) is 13.7 Å². The number of aryl methyl sites for hydroxylation is 2. The summed E-state index contributed by atoms with van der Waals surface area (Å²) in [7, 11) is 1.78. The van der Waals surface area contributed by atoms with Gasteiger partial charge in [0, 0.05) is 18.5 Å². The average molecular weight is 277 g/mol. The Kier molecular flexibility index (Phi) is 4.76. The number of methoxy groups -OCH3 is 1. The van der Waals surface area contributed by atoms with Gasteiger partial charge in [-0.25, -0.2) is 9.97 Å². The Morgan fingerprint density at radius 3 is 2.20 bits per heavy atom. The van der Waals surface area contributed by atoms with Gasteiger partial charge in [-0.05, 0) is 64.0 Å². The summed E-state index contributed by atoms with van der Waals surface area (Å²) in [5.74, 6) is 1.33. The maximum Gasteiger partial charge on any atom is 0.160 e. The number of nitrogens with two attached hydrogens (primary N) is 1. The highest BCUT2D eigenvalue weighted by Gasteiger charge is 2.39. The maximum atomic E-state index is 5.79. The van der Waals surface area contributed by atoms with Gasteiger partial charge in [0.15, 0.2) is 5.82 Å². The van der Waals surface area contributed by atoms with Crippen LogP contribution in [0.3, 0.4) is 0 Å². The minimum Gasteiger partial charge on any atom is -0.370 e. The second kappa shape index (κ2) is 6.19. The van der Waals surface area contributed by atoms with Crippen LogP contribution in [0.5, 0.6) is 0 Å². The molecule has 0 spiro atoms. The minimum absolute atomic E-state index is 0.256. The zero-order chi connectivity index (χ0) is 14.8. The monoisotopic (exact) mass is 277 g/mol. The van der Waals surface area contributed by atoms with E-state index in [9.17, 15) is 0 Å². The van der Waals surface area contributed by atoms with Gasteiger partial charge in [-0.3, -0.25) is 0 Å². The van der Waals surface area contributed by atoms with E-state index in [1.165, 1.54) is 18.4 Å². The first-order valence-electron chi connectivity index (χ1n) is 7.62. The lowest BCUT2D eigenvalue weighted by atomic mass is 9.96. The van der Waals surface area contributed by atoms with Gasteiger partial charge >= 0.3 is 0 Å². The summed E-state index contributed by atoms with van der Waals surface area (Å²) < 4.78 is 5.79. The van der Waals surface area contributed by atoms with Crippen molar-refractivity contribution in [2.24, 2.45) is 11.7 Å². The molecule has 0 amide bonds. The van der Waals surface area contributed by atoms with Gasteiger partial charge in [0.05, 0.1) is 0 Å². The summed E-state index contributed by atoms with van der Waals surface area (Å²) in [5.41, 5.74) is 8.88. The van der Waals surface area contributed by atoms with Gasteiger partial charge in [0.1, 0.15) is 5.60 Å². The maximum absolute atomic E-state index is 5.79. The largest absolute Gasteiger partial charge is 0.370 e. The Morgan fingerprint density at radius 2 is 1.75 bits per heavy atom. The standard InChI is InChI=1S/C16H27N3O/c1-11(10-17)9-14-12(2)18-15(19-13(14)3)16(20-4)7-5-6-8-16/h11H,5-10,17H2,1-4H3. The van der Waals surface area contributed by atoms with Crippen LogP contribution in [0.25, 0.3) is 0 Å². The minimum atomic E-state index is -0.256. The van der Waals surface area contributed by atoms with Crippen LogP contribution in [0.4, 0.5) is 0 Å². The summed E-state index contributed by atoms with van der Waals surface area (Å²) >= 11 is 0. The Balaban J connectivity index is 2.34. The normalized spacial score (nSPS) is 19.2. The molecule has 0 aliphatic heterocycles. The lowest BCUT2D eigenvalue weighted by Crippen LogP contribution is -2.28. The van der Waals surface area contributed by atoms with Crippen molar-refractivity contribution in [3.8, 4) is 0 Å². The molecule has 1 atom stereocenters. The fraction of sp³-hybridized carbons (Fsp3) is 0.750. The number of rotatable bonds is 5. The van der Waals surface area contributed by atoms with Gasteiger partial charge in [0.2, 0.25) is 0 Å². The molecule has 1 fully saturated rings. The third-order valence-corrected chi connectivity index (χ3v) is 4.59. The van der Waals surface area contributed by atoms with E-state index in [-0.39, 0.29) is 5.60 Å². The Hall–Kier alpha value is -1.00. The van der Waals surface area contributed by atoms with Crippen LogP contribution < -0.4 is 5.73 Å². The lowest BCUT2D eigenvalue weighted by molar-refractivity contribution is -0.0166. The third kappa shape index (κ3) is 2.86. The van der Waals surface area contributed by atoms with E-state index >= 15 is 0 Å². The highest BCUT2D eigenvalue weighted by Crippen LogP contribution is 2.40. The zero-order valence-electron chi connectivity index (χ0n) is 13.2. The van der Waals surface area contributed by atoms with Crippen molar-refractivity contribution in [1.82, 2.24) is 9.97 Å². The topological polar surface area (TPSA) is 61.0 Å². The molecule has 1 aliphatic carbocycles. The predicted octanol–water partition coefficient (Wildman–Crippen LogP) is 2.65. The van der Waals surface area contributed by atoms with Gasteiger partial charge in [0.25, 0.3) is 0 Å². The second-order valence-electron chi connectivity index (χ2n) is 6.15. The van der Waals surface area contributed by atoms with Crippen LogP contribution in [0, 0.1) is 19.8 Å². The van der Waals surface area contributed by atoms with Crippen molar-refractivity contribution in [2.45, 2.75) is 58.5 Å². The van der Waals surface area contributed by atoms with Crippen LogP contribution in [0.15, 0.2) is 0 Å². The Bertz CT molecular complexity index is 444. The van der Waals surface area contributed by atoms with Gasteiger partial charge in [-0.15, -0.1) is 0 Å². The Morgan fingerprint density at radius 1 is 1.20 bits per heavy atom. The fourth-order valence-corrected chi connectivity index (χ4v) is 3.14. The highest BCUT2D eigenvalue weighted by atomic mass is 16.5. The zero-order valence-corrected chi connectivity index (χ0v) is 13.2. The molecule has 4 heteroatoms. The number of hydrogen-bond acceptors (Lipinski definition) is 4. The van der Waals surface area contributed by atoms with Crippen molar-refractivity contribution >= 4 is 0 Å². The van der Waals surface area contributed by atoms with Crippen molar-refractivity contribution in [3.05, 3.63) is 22.8 Å². The van der Waals surface area contributed by atoms with Gasteiger partial charge in [-0.2, -0.15) is 0 Å². The van der Waals surface area contributed by atoms with Crippen LogP contribution in [-0.4, -0.2) is 23.6 Å². The molecule has 1 aromatic heterocycles. The molecule has 0 aromatic carbocycles. The predicted molar refractivity (Wildman–Crippen MR) is 80.6 cm³/mol. The molecular weight excluding hydrogens is 250 g/mol. The van der Waals surface area contributed by atoms with Crippen molar-refractivity contribution < 1.29 is 4.74 Å². The van der Waals surface area contributed by atoms with Crippen LogP contribution >= 0.6 is 0 Å². The molecule has 1 aliphatic rings. The fourth-order valence-electron chi connectivity index (χ4n) is 3.14. The van der Waals surface area contributed by atoms with E-state index in [0.29, 0.717) is 12.5 Å². The van der Waals surface area contributed by atoms with Crippen LogP contribution in [-0.2, 0) is 16.8 Å². The average Bonchev–Trinajstić information content (AvgIpc) is 2.92. The quantitative estimate of drug-likeness (QED) is 0.899. The second-order valence-corrected chi connectivity index (χ2v) is 6.15. The molecule has 1 aromatic rings. The van der Waals surface area contributed by atoms with Gasteiger partial charge in [-0.1, -0.05) is 6.92 Å². The van der Waals surface area contributed by atoms with E-state index in [0.717, 1.165) is 36.5 Å². The SMILES string of the molecule is COC1(c2nc(C)c(CC(C)CN)c(C)n2)CCCC1. The van der Waals surface area contributed by atoms with Crippen LogP contribution in [0.2, 0.25) is 0 Å². The summed E-state index contributed by atoms with van der Waals surface area (Å²) in [6.45, 7) is 7.02. The molecule has 1 unspecified atom stereocenters.